The zero-order valence-corrected chi connectivity index (χ0v) is 16.2. The summed E-state index contributed by atoms with van der Waals surface area (Å²) < 4.78 is 23.9. The topological polar surface area (TPSA) is 72.1 Å². The Morgan fingerprint density at radius 3 is 2.67 bits per heavy atom. The quantitative estimate of drug-likeness (QED) is 0.594. The van der Waals surface area contributed by atoms with Crippen molar-refractivity contribution in [1.82, 2.24) is 5.01 Å². The fourth-order valence-corrected chi connectivity index (χ4v) is 3.26. The van der Waals surface area contributed by atoms with E-state index >= 15 is 0 Å². The summed E-state index contributed by atoms with van der Waals surface area (Å²) >= 11 is 0. The van der Waals surface area contributed by atoms with Crippen molar-refractivity contribution < 1.29 is 23.1 Å². The minimum Gasteiger partial charge on any atom is -0.467 e. The molecule has 0 saturated carbocycles. The third kappa shape index (κ3) is 4.15. The van der Waals surface area contributed by atoms with Gasteiger partial charge in [-0.3, -0.25) is 4.79 Å². The molecular formula is C23H19FN2O4. The second-order valence-corrected chi connectivity index (χ2v) is 6.97. The van der Waals surface area contributed by atoms with Crippen LogP contribution in [0.1, 0.15) is 39.7 Å². The molecule has 1 aliphatic rings. The van der Waals surface area contributed by atoms with Gasteiger partial charge in [-0.2, -0.15) is 5.10 Å². The molecule has 4 rings (SSSR count). The number of ether oxygens (including phenoxy) is 1. The number of hydrogen-bond acceptors (Lipinski definition) is 5. The Kier molecular flexibility index (Phi) is 5.43. The first-order valence-electron chi connectivity index (χ1n) is 9.44. The highest BCUT2D eigenvalue weighted by Gasteiger charge is 2.35. The van der Waals surface area contributed by atoms with Crippen molar-refractivity contribution in [3.05, 3.63) is 95.2 Å². The molecule has 0 saturated heterocycles. The van der Waals surface area contributed by atoms with Crippen molar-refractivity contribution in [1.29, 1.82) is 0 Å². The third-order valence-electron chi connectivity index (χ3n) is 4.81. The van der Waals surface area contributed by atoms with E-state index in [0.29, 0.717) is 12.2 Å². The van der Waals surface area contributed by atoms with E-state index in [4.69, 9.17) is 9.15 Å². The van der Waals surface area contributed by atoms with Crippen LogP contribution in [0, 0.1) is 12.7 Å². The van der Waals surface area contributed by atoms with Crippen LogP contribution in [-0.4, -0.2) is 29.2 Å². The molecule has 1 unspecified atom stereocenters. The van der Waals surface area contributed by atoms with Gasteiger partial charge in [-0.15, -0.1) is 0 Å². The molecule has 0 bridgehead atoms. The van der Waals surface area contributed by atoms with E-state index in [0.717, 1.165) is 22.9 Å². The zero-order valence-electron chi connectivity index (χ0n) is 16.2. The average Bonchev–Trinajstić information content (AvgIpc) is 3.42. The molecule has 3 aromatic rings. The van der Waals surface area contributed by atoms with Crippen molar-refractivity contribution in [3.8, 4) is 0 Å². The Labute approximate surface area is 172 Å². The number of nitrogens with zero attached hydrogens (tertiary/aromatic N) is 2. The highest BCUT2D eigenvalue weighted by atomic mass is 19.1. The van der Waals surface area contributed by atoms with Crippen LogP contribution in [0.4, 0.5) is 4.39 Å². The lowest BCUT2D eigenvalue weighted by molar-refractivity contribution is -0.136. The number of hydrogen-bond donors (Lipinski definition) is 0. The van der Waals surface area contributed by atoms with E-state index in [1.165, 1.54) is 29.5 Å². The van der Waals surface area contributed by atoms with Crippen LogP contribution in [0.15, 0.2) is 76.4 Å². The van der Waals surface area contributed by atoms with Gasteiger partial charge >= 0.3 is 5.97 Å². The fourth-order valence-electron chi connectivity index (χ4n) is 3.26. The number of hydrazone groups is 1. The Morgan fingerprint density at radius 2 is 1.97 bits per heavy atom. The van der Waals surface area contributed by atoms with Gasteiger partial charge in [0.25, 0.3) is 5.91 Å². The monoisotopic (exact) mass is 406 g/mol. The van der Waals surface area contributed by atoms with Gasteiger partial charge in [-0.25, -0.2) is 14.2 Å². The van der Waals surface area contributed by atoms with Gasteiger partial charge in [-0.1, -0.05) is 35.9 Å². The fraction of sp³-hybridized carbons (Fsp3) is 0.174. The predicted molar refractivity (Wildman–Crippen MR) is 107 cm³/mol. The standard InChI is InChI=1S/C23H19FN2O4/c1-15-7-9-16(10-8-15)19-13-20(21-6-3-11-29-21)26(25-19)22(27)14-30-23(28)17-4-2-5-18(24)12-17/h2-12,20H,13-14H2,1H3. The van der Waals surface area contributed by atoms with E-state index in [-0.39, 0.29) is 5.56 Å². The highest BCUT2D eigenvalue weighted by molar-refractivity contribution is 6.03. The number of esters is 1. The molecule has 1 atom stereocenters. The molecule has 0 N–H and O–H groups in total. The molecule has 30 heavy (non-hydrogen) atoms. The highest BCUT2D eigenvalue weighted by Crippen LogP contribution is 2.33. The molecule has 0 radical (unpaired) electrons. The van der Waals surface area contributed by atoms with Crippen LogP contribution in [-0.2, 0) is 9.53 Å². The van der Waals surface area contributed by atoms with Crippen LogP contribution in [0.5, 0.6) is 0 Å². The number of aryl methyl sites for hydroxylation is 1. The van der Waals surface area contributed by atoms with E-state index in [9.17, 15) is 14.0 Å². The molecule has 2 heterocycles. The lowest BCUT2D eigenvalue weighted by Crippen LogP contribution is -2.31. The molecule has 7 heteroatoms. The van der Waals surface area contributed by atoms with Crippen LogP contribution >= 0.6 is 0 Å². The normalized spacial score (nSPS) is 15.7. The second kappa shape index (κ2) is 8.32. The summed E-state index contributed by atoms with van der Waals surface area (Å²) in [5, 5.41) is 5.76. The van der Waals surface area contributed by atoms with E-state index in [1.54, 1.807) is 12.1 Å². The SMILES string of the molecule is Cc1ccc(C2=NN(C(=O)COC(=O)c3cccc(F)c3)C(c3ccco3)C2)cc1. The minimum atomic E-state index is -0.778. The zero-order chi connectivity index (χ0) is 21.1. The second-order valence-electron chi connectivity index (χ2n) is 6.97. The number of carbonyl (C=O) groups excluding carboxylic acids is 2. The van der Waals surface area contributed by atoms with Gasteiger partial charge in [-0.05, 0) is 42.8 Å². The number of rotatable bonds is 5. The lowest BCUT2D eigenvalue weighted by Gasteiger charge is -2.19. The van der Waals surface area contributed by atoms with Gasteiger partial charge < -0.3 is 9.15 Å². The molecule has 1 amide bonds. The van der Waals surface area contributed by atoms with Crippen LogP contribution < -0.4 is 0 Å². The number of furan rings is 1. The van der Waals surface area contributed by atoms with Crippen molar-refractivity contribution in [2.24, 2.45) is 5.10 Å². The summed E-state index contributed by atoms with van der Waals surface area (Å²) in [6.45, 7) is 1.48. The van der Waals surface area contributed by atoms with Crippen molar-refractivity contribution in [2.75, 3.05) is 6.61 Å². The van der Waals surface area contributed by atoms with Crippen LogP contribution in [0.25, 0.3) is 0 Å². The third-order valence-corrected chi connectivity index (χ3v) is 4.81. The van der Waals surface area contributed by atoms with Crippen LogP contribution in [0.2, 0.25) is 0 Å². The van der Waals surface area contributed by atoms with E-state index in [2.05, 4.69) is 5.10 Å². The van der Waals surface area contributed by atoms with Gasteiger partial charge in [0.15, 0.2) is 6.61 Å². The summed E-state index contributed by atoms with van der Waals surface area (Å²) in [5.41, 5.74) is 2.80. The van der Waals surface area contributed by atoms with Gasteiger partial charge in [0.2, 0.25) is 0 Å². The maximum atomic E-state index is 13.3. The summed E-state index contributed by atoms with van der Waals surface area (Å²) in [4.78, 5) is 24.9. The van der Waals surface area contributed by atoms with Crippen LogP contribution in [0.3, 0.4) is 0 Å². The smallest absolute Gasteiger partial charge is 0.338 e. The Balaban J connectivity index is 1.51. The Hall–Kier alpha value is -3.74. The van der Waals surface area contributed by atoms with Gasteiger partial charge in [0.05, 0.1) is 17.5 Å². The molecule has 0 aliphatic carbocycles. The first kappa shape index (κ1) is 19.6. The van der Waals surface area contributed by atoms with E-state index in [1.807, 2.05) is 31.2 Å². The molecule has 6 nitrogen and oxygen atoms in total. The van der Waals surface area contributed by atoms with E-state index < -0.39 is 30.3 Å². The number of halogens is 1. The lowest BCUT2D eigenvalue weighted by atomic mass is 10.0. The van der Waals surface area contributed by atoms with Crippen molar-refractivity contribution >= 4 is 17.6 Å². The molecule has 1 aromatic heterocycles. The molecule has 152 valence electrons. The molecular weight excluding hydrogens is 387 g/mol. The van der Waals surface area contributed by atoms with Gasteiger partial charge in [0, 0.05) is 6.42 Å². The van der Waals surface area contributed by atoms with Gasteiger partial charge in [0.1, 0.15) is 17.6 Å². The Bertz CT molecular complexity index is 1090. The number of benzene rings is 2. The first-order chi connectivity index (χ1) is 14.5. The number of amides is 1. The summed E-state index contributed by atoms with van der Waals surface area (Å²) in [5.74, 6) is -1.24. The predicted octanol–water partition coefficient (Wildman–Crippen LogP) is 4.26. The maximum absolute atomic E-state index is 13.3. The van der Waals surface area contributed by atoms with Crippen molar-refractivity contribution in [3.63, 3.8) is 0 Å². The molecule has 2 aromatic carbocycles. The summed E-state index contributed by atoms with van der Waals surface area (Å²) in [6, 6.07) is 16.0. The summed E-state index contributed by atoms with van der Waals surface area (Å²) in [6.07, 6.45) is 2.01. The van der Waals surface area contributed by atoms with Crippen molar-refractivity contribution in [2.45, 2.75) is 19.4 Å². The Morgan fingerprint density at radius 1 is 1.17 bits per heavy atom. The number of carbonyl (C=O) groups is 2. The summed E-state index contributed by atoms with van der Waals surface area (Å²) in [7, 11) is 0. The average molecular weight is 406 g/mol. The maximum Gasteiger partial charge on any atom is 0.338 e. The molecule has 0 fully saturated rings. The molecule has 1 aliphatic heterocycles. The molecule has 0 spiro atoms. The first-order valence-corrected chi connectivity index (χ1v) is 9.44. The largest absolute Gasteiger partial charge is 0.467 e. The minimum absolute atomic E-state index is 0.0376.